The number of rotatable bonds is 10. The SMILES string of the molecule is CCc1nc(NCCNC(=O)C(C)N(C)C(=O)OC(C)(C)C)cc(Nc2ncc(C3CCC3)s2)n1. The number of thiazole rings is 1. The Balaban J connectivity index is 1.49. The van der Waals surface area contributed by atoms with Gasteiger partial charge in [0.25, 0.3) is 0 Å². The van der Waals surface area contributed by atoms with Crippen molar-refractivity contribution in [1.29, 1.82) is 0 Å². The minimum absolute atomic E-state index is 0.259. The van der Waals surface area contributed by atoms with E-state index in [1.54, 1.807) is 46.1 Å². The minimum Gasteiger partial charge on any atom is -0.444 e. The third-order valence-electron chi connectivity index (χ3n) is 5.73. The highest BCUT2D eigenvalue weighted by atomic mass is 32.1. The van der Waals surface area contributed by atoms with Gasteiger partial charge in [-0.3, -0.25) is 9.69 Å². The molecule has 0 bridgehead atoms. The molecule has 11 heteroatoms. The lowest BCUT2D eigenvalue weighted by atomic mass is 9.85. The smallest absolute Gasteiger partial charge is 0.410 e. The topological polar surface area (TPSA) is 121 Å². The van der Waals surface area contributed by atoms with E-state index in [9.17, 15) is 9.59 Å². The third kappa shape index (κ3) is 7.78. The summed E-state index contributed by atoms with van der Waals surface area (Å²) in [5.41, 5.74) is -0.619. The monoisotopic (exact) mass is 503 g/mol. The van der Waals surface area contributed by atoms with Crippen LogP contribution in [0, 0.1) is 0 Å². The number of nitrogens with one attached hydrogen (secondary N) is 3. The van der Waals surface area contributed by atoms with Crippen molar-refractivity contribution in [3.63, 3.8) is 0 Å². The molecular formula is C24H37N7O3S. The van der Waals surface area contributed by atoms with Crippen molar-refractivity contribution in [1.82, 2.24) is 25.2 Å². The van der Waals surface area contributed by atoms with Crippen LogP contribution >= 0.6 is 11.3 Å². The van der Waals surface area contributed by atoms with E-state index < -0.39 is 17.7 Å². The van der Waals surface area contributed by atoms with Crippen LogP contribution < -0.4 is 16.0 Å². The first-order valence-corrected chi connectivity index (χ1v) is 13.0. The van der Waals surface area contributed by atoms with Gasteiger partial charge >= 0.3 is 6.09 Å². The van der Waals surface area contributed by atoms with Gasteiger partial charge in [-0.1, -0.05) is 13.3 Å². The first-order valence-electron chi connectivity index (χ1n) is 12.1. The summed E-state index contributed by atoms with van der Waals surface area (Å²) in [4.78, 5) is 40.9. The maximum Gasteiger partial charge on any atom is 0.410 e. The normalized spacial score (nSPS) is 14.6. The Hall–Kier alpha value is -2.95. The fraction of sp³-hybridized carbons (Fsp3) is 0.625. The van der Waals surface area contributed by atoms with E-state index in [0.29, 0.717) is 42.9 Å². The van der Waals surface area contributed by atoms with Crippen LogP contribution in [0.15, 0.2) is 12.3 Å². The molecule has 0 spiro atoms. The van der Waals surface area contributed by atoms with Crippen LogP contribution in [0.4, 0.5) is 21.6 Å². The van der Waals surface area contributed by atoms with Crippen molar-refractivity contribution in [2.45, 2.75) is 77.9 Å². The average Bonchev–Trinajstić information content (AvgIpc) is 3.20. The maximum atomic E-state index is 12.5. The standard InChI is InChI=1S/C24H37N7O3S/c1-7-18-28-19(13-20(29-18)30-22-27-14-17(35-22)16-9-8-10-16)25-11-12-26-21(32)15(2)31(6)23(33)34-24(3,4)5/h13-16H,7-12H2,1-6H3,(H,26,32)(H2,25,27,28,29,30). The fourth-order valence-corrected chi connectivity index (χ4v) is 4.33. The number of ether oxygens (including phenoxy) is 1. The molecule has 0 saturated heterocycles. The van der Waals surface area contributed by atoms with E-state index in [0.717, 1.165) is 5.13 Å². The molecule has 35 heavy (non-hydrogen) atoms. The summed E-state index contributed by atoms with van der Waals surface area (Å²) in [5, 5.41) is 10.2. The average molecular weight is 504 g/mol. The molecule has 1 atom stereocenters. The molecule has 1 unspecified atom stereocenters. The summed E-state index contributed by atoms with van der Waals surface area (Å²) < 4.78 is 5.32. The van der Waals surface area contributed by atoms with Crippen molar-refractivity contribution < 1.29 is 14.3 Å². The number of aryl methyl sites for hydroxylation is 1. The molecule has 1 aliphatic carbocycles. The molecule has 1 aliphatic rings. The molecular weight excluding hydrogens is 466 g/mol. The Morgan fingerprint density at radius 1 is 1.23 bits per heavy atom. The summed E-state index contributed by atoms with van der Waals surface area (Å²) in [6.07, 6.45) is 5.91. The van der Waals surface area contributed by atoms with Gasteiger partial charge in [0.1, 0.15) is 29.1 Å². The first kappa shape index (κ1) is 26.7. The second-order valence-corrected chi connectivity index (χ2v) is 10.8. The number of aromatic nitrogens is 3. The van der Waals surface area contributed by atoms with Gasteiger partial charge in [0, 0.05) is 43.7 Å². The Bertz CT molecular complexity index is 1020. The van der Waals surface area contributed by atoms with E-state index in [2.05, 4.69) is 30.9 Å². The highest BCUT2D eigenvalue weighted by molar-refractivity contribution is 7.15. The number of carbonyl (C=O) groups is 2. The molecule has 1 fully saturated rings. The van der Waals surface area contributed by atoms with Crippen LogP contribution in [0.5, 0.6) is 0 Å². The number of hydrogen-bond acceptors (Lipinski definition) is 9. The lowest BCUT2D eigenvalue weighted by Gasteiger charge is -2.28. The van der Waals surface area contributed by atoms with Crippen LogP contribution in [-0.4, -0.2) is 63.6 Å². The lowest BCUT2D eigenvalue weighted by molar-refractivity contribution is -0.125. The van der Waals surface area contributed by atoms with Gasteiger partial charge in [0.05, 0.1) is 0 Å². The van der Waals surface area contributed by atoms with Crippen molar-refractivity contribution in [3.8, 4) is 0 Å². The Morgan fingerprint density at radius 3 is 2.57 bits per heavy atom. The molecule has 0 aromatic carbocycles. The highest BCUT2D eigenvalue weighted by Gasteiger charge is 2.26. The van der Waals surface area contributed by atoms with Gasteiger partial charge in [-0.15, -0.1) is 11.3 Å². The zero-order valence-corrected chi connectivity index (χ0v) is 22.3. The number of hydrogen-bond donors (Lipinski definition) is 3. The van der Waals surface area contributed by atoms with Crippen molar-refractivity contribution >= 4 is 40.1 Å². The molecule has 0 radical (unpaired) electrons. The molecule has 1 saturated carbocycles. The molecule has 3 rings (SSSR count). The zero-order chi connectivity index (χ0) is 25.6. The van der Waals surface area contributed by atoms with Crippen molar-refractivity contribution in [3.05, 3.63) is 23.0 Å². The van der Waals surface area contributed by atoms with Gasteiger partial charge in [-0.05, 0) is 46.5 Å². The van der Waals surface area contributed by atoms with Crippen LogP contribution in [0.1, 0.15) is 70.5 Å². The fourth-order valence-electron chi connectivity index (χ4n) is 3.34. The van der Waals surface area contributed by atoms with Gasteiger partial charge in [-0.2, -0.15) is 0 Å². The molecule has 2 heterocycles. The molecule has 0 aliphatic heterocycles. The molecule has 192 valence electrons. The van der Waals surface area contributed by atoms with E-state index >= 15 is 0 Å². The van der Waals surface area contributed by atoms with E-state index in [4.69, 9.17) is 4.74 Å². The zero-order valence-electron chi connectivity index (χ0n) is 21.5. The van der Waals surface area contributed by atoms with E-state index in [-0.39, 0.29) is 5.91 Å². The molecule has 2 amide bonds. The molecule has 2 aromatic heterocycles. The van der Waals surface area contributed by atoms with Crippen LogP contribution in [0.2, 0.25) is 0 Å². The van der Waals surface area contributed by atoms with Gasteiger partial charge in [-0.25, -0.2) is 19.7 Å². The van der Waals surface area contributed by atoms with Gasteiger partial charge in [0.15, 0.2) is 5.13 Å². The lowest BCUT2D eigenvalue weighted by Crippen LogP contribution is -2.48. The van der Waals surface area contributed by atoms with Gasteiger partial charge < -0.3 is 20.7 Å². The Labute approximate surface area is 211 Å². The second-order valence-electron chi connectivity index (χ2n) is 9.71. The minimum atomic E-state index is -0.658. The predicted molar refractivity (Wildman–Crippen MR) is 138 cm³/mol. The molecule has 10 nitrogen and oxygen atoms in total. The van der Waals surface area contributed by atoms with Crippen molar-refractivity contribution in [2.75, 3.05) is 30.8 Å². The van der Waals surface area contributed by atoms with Crippen LogP contribution in [-0.2, 0) is 16.0 Å². The Kier molecular flexibility index (Phi) is 8.87. The van der Waals surface area contributed by atoms with E-state index in [1.807, 2.05) is 19.2 Å². The summed E-state index contributed by atoms with van der Waals surface area (Å²) in [6, 6.07) is 1.18. The van der Waals surface area contributed by atoms with Crippen molar-refractivity contribution in [2.24, 2.45) is 0 Å². The van der Waals surface area contributed by atoms with Crippen LogP contribution in [0.3, 0.4) is 0 Å². The number of anilines is 3. The summed E-state index contributed by atoms with van der Waals surface area (Å²) in [6.45, 7) is 9.87. The summed E-state index contributed by atoms with van der Waals surface area (Å²) in [5.74, 6) is 2.46. The third-order valence-corrected chi connectivity index (χ3v) is 6.80. The number of carbonyl (C=O) groups excluding carboxylic acids is 2. The highest BCUT2D eigenvalue weighted by Crippen LogP contribution is 2.40. The predicted octanol–water partition coefficient (Wildman–Crippen LogP) is 4.29. The number of amides is 2. The van der Waals surface area contributed by atoms with Crippen LogP contribution in [0.25, 0.3) is 0 Å². The van der Waals surface area contributed by atoms with Gasteiger partial charge in [0.2, 0.25) is 5.91 Å². The number of likely N-dealkylation sites (N-methyl/N-ethyl adjacent to an activating group) is 1. The largest absolute Gasteiger partial charge is 0.444 e. The van der Waals surface area contributed by atoms with E-state index in [1.165, 1.54) is 29.0 Å². The Morgan fingerprint density at radius 2 is 1.94 bits per heavy atom. The molecule has 2 aromatic rings. The quantitative estimate of drug-likeness (QED) is 0.411. The molecule has 3 N–H and O–H groups in total. The second kappa shape index (κ2) is 11.7. The summed E-state index contributed by atoms with van der Waals surface area (Å²) in [7, 11) is 1.55. The number of nitrogens with zero attached hydrogens (tertiary/aromatic N) is 4. The summed E-state index contributed by atoms with van der Waals surface area (Å²) >= 11 is 1.68. The maximum absolute atomic E-state index is 12.5. The first-order chi connectivity index (χ1) is 16.6.